The molecule has 0 aliphatic carbocycles. The quantitative estimate of drug-likeness (QED) is 0.292. The van der Waals surface area contributed by atoms with Gasteiger partial charge in [-0.1, -0.05) is 6.92 Å². The van der Waals surface area contributed by atoms with Crippen molar-refractivity contribution < 1.29 is 14.9 Å². The van der Waals surface area contributed by atoms with Crippen LogP contribution in [-0.4, -0.2) is 68.8 Å². The monoisotopic (exact) mass is 449 g/mol. The molecule has 0 bridgehead atoms. The average molecular weight is 450 g/mol. The molecular weight excluding hydrogens is 422 g/mol. The van der Waals surface area contributed by atoms with Gasteiger partial charge in [-0.3, -0.25) is 4.98 Å². The molecule has 0 radical (unpaired) electrons. The first-order valence-corrected chi connectivity index (χ1v) is 10.8. The zero-order valence-electron chi connectivity index (χ0n) is 18.3. The number of anilines is 2. The van der Waals surface area contributed by atoms with Crippen LogP contribution in [0, 0.1) is 5.41 Å². The third-order valence-electron chi connectivity index (χ3n) is 5.47. The maximum Gasteiger partial charge on any atom is 0.144 e. The molecule has 172 valence electrons. The third kappa shape index (κ3) is 5.24. The van der Waals surface area contributed by atoms with E-state index >= 15 is 0 Å². The fourth-order valence-electron chi connectivity index (χ4n) is 3.63. The predicted molar refractivity (Wildman–Crippen MR) is 125 cm³/mol. The second-order valence-electron chi connectivity index (χ2n) is 7.87. The van der Waals surface area contributed by atoms with Crippen molar-refractivity contribution in [2.45, 2.75) is 25.4 Å². The van der Waals surface area contributed by atoms with Crippen LogP contribution in [0.4, 0.5) is 11.6 Å². The number of aliphatic hydroxyl groups is 2. The molecule has 0 amide bonds. The number of fused-ring (bicyclic) bond motifs is 1. The third-order valence-corrected chi connectivity index (χ3v) is 5.47. The van der Waals surface area contributed by atoms with Crippen molar-refractivity contribution in [3.8, 4) is 17.0 Å². The first kappa shape index (κ1) is 22.6. The van der Waals surface area contributed by atoms with Crippen molar-refractivity contribution in [3.63, 3.8) is 0 Å². The van der Waals surface area contributed by atoms with Gasteiger partial charge in [-0.25, -0.2) is 15.0 Å². The normalized spacial score (nSPS) is 14.2. The number of hydrogen-bond acceptors (Lipinski definition) is 10. The average Bonchev–Trinajstić information content (AvgIpc) is 3.35. The summed E-state index contributed by atoms with van der Waals surface area (Å²) in [6.07, 6.45) is 6.10. The van der Waals surface area contributed by atoms with E-state index in [0.717, 1.165) is 29.0 Å². The Kier molecular flexibility index (Phi) is 7.06. The highest BCUT2D eigenvalue weighted by molar-refractivity contribution is 5.86. The van der Waals surface area contributed by atoms with Gasteiger partial charge in [-0.05, 0) is 12.1 Å². The lowest BCUT2D eigenvalue weighted by molar-refractivity contribution is 0.105. The van der Waals surface area contributed by atoms with Crippen molar-refractivity contribution in [2.75, 3.05) is 36.9 Å². The molecule has 3 aromatic heterocycles. The van der Waals surface area contributed by atoms with Gasteiger partial charge in [0, 0.05) is 66.8 Å². The van der Waals surface area contributed by atoms with Crippen LogP contribution in [0.1, 0.15) is 29.7 Å². The lowest BCUT2D eigenvalue weighted by Crippen LogP contribution is -2.23. The van der Waals surface area contributed by atoms with Gasteiger partial charge in [-0.2, -0.15) is 0 Å². The van der Waals surface area contributed by atoms with E-state index in [2.05, 4.69) is 37.5 Å². The Morgan fingerprint density at radius 2 is 2.06 bits per heavy atom. The second-order valence-corrected chi connectivity index (χ2v) is 7.87. The second kappa shape index (κ2) is 10.3. The molecule has 0 unspecified atom stereocenters. The molecule has 10 nitrogen and oxygen atoms in total. The van der Waals surface area contributed by atoms with E-state index in [1.165, 1.54) is 12.5 Å². The van der Waals surface area contributed by atoms with Crippen molar-refractivity contribution in [3.05, 3.63) is 53.7 Å². The van der Waals surface area contributed by atoms with Crippen molar-refractivity contribution >= 4 is 17.9 Å². The molecule has 1 aliphatic rings. The molecule has 3 aromatic rings. The molecule has 4 rings (SSSR count). The molecule has 10 heteroatoms. The number of rotatable bonds is 10. The maximum atomic E-state index is 9.52. The van der Waals surface area contributed by atoms with Crippen LogP contribution >= 0.6 is 0 Å². The Morgan fingerprint density at radius 3 is 2.88 bits per heavy atom. The van der Waals surface area contributed by atoms with Crippen molar-refractivity contribution in [1.82, 2.24) is 19.9 Å². The Balaban J connectivity index is 1.45. The standard InChI is InChI=1S/C23H27N7O3/c1-14(18-2-4-25-19-3-5-33-22(18)19)9-26-21-7-20(29-13-30-21)16-6-15(8-24)23(27-10-16)28-11-17(32)12-31/h2,4,6-8,10,13-14,17,24,31-32H,3,5,9,11-12H2,1H3,(H,27,28)(H,26,29,30)/t14-,17-/m1/s1. The molecule has 2 atom stereocenters. The summed E-state index contributed by atoms with van der Waals surface area (Å²) < 4.78 is 5.78. The topological polar surface area (TPSA) is 149 Å². The summed E-state index contributed by atoms with van der Waals surface area (Å²) in [5, 5.41) is 32.5. The van der Waals surface area contributed by atoms with Gasteiger partial charge in [0.1, 0.15) is 23.7 Å². The minimum atomic E-state index is -0.900. The lowest BCUT2D eigenvalue weighted by atomic mass is 10.00. The van der Waals surface area contributed by atoms with Gasteiger partial charge in [-0.15, -0.1) is 0 Å². The summed E-state index contributed by atoms with van der Waals surface area (Å²) in [4.78, 5) is 17.4. The summed E-state index contributed by atoms with van der Waals surface area (Å²) in [6.45, 7) is 3.26. The Bertz CT molecular complexity index is 1120. The largest absolute Gasteiger partial charge is 0.491 e. The highest BCUT2D eigenvalue weighted by Crippen LogP contribution is 2.33. The summed E-state index contributed by atoms with van der Waals surface area (Å²) >= 11 is 0. The van der Waals surface area contributed by atoms with Crippen LogP contribution in [0.15, 0.2) is 36.9 Å². The number of aromatic nitrogens is 4. The molecule has 0 saturated carbocycles. The van der Waals surface area contributed by atoms with Crippen LogP contribution in [0.2, 0.25) is 0 Å². The van der Waals surface area contributed by atoms with E-state index in [4.69, 9.17) is 15.3 Å². The van der Waals surface area contributed by atoms with Crippen LogP contribution in [0.3, 0.4) is 0 Å². The molecular formula is C23H27N7O3. The number of nitrogens with zero attached hydrogens (tertiary/aromatic N) is 4. The van der Waals surface area contributed by atoms with Gasteiger partial charge in [0.15, 0.2) is 0 Å². The van der Waals surface area contributed by atoms with E-state index < -0.39 is 6.10 Å². The molecule has 1 aliphatic heterocycles. The SMILES string of the molecule is C[C@H](CNc1cc(-c2cnc(NC[C@@H](O)CO)c(C=N)c2)ncn1)c1ccnc2c1OCC2. The fraction of sp³-hybridized carbons (Fsp3) is 0.348. The molecule has 0 aromatic carbocycles. The van der Waals surface area contributed by atoms with Gasteiger partial charge >= 0.3 is 0 Å². The van der Waals surface area contributed by atoms with E-state index in [1.54, 1.807) is 12.3 Å². The van der Waals surface area contributed by atoms with Gasteiger partial charge in [0.05, 0.1) is 30.7 Å². The minimum absolute atomic E-state index is 0.134. The molecule has 0 spiro atoms. The van der Waals surface area contributed by atoms with Crippen molar-refractivity contribution in [1.29, 1.82) is 5.41 Å². The molecule has 0 fully saturated rings. The molecule has 4 heterocycles. The summed E-state index contributed by atoms with van der Waals surface area (Å²) in [7, 11) is 0. The van der Waals surface area contributed by atoms with Crippen LogP contribution in [0.25, 0.3) is 11.3 Å². The van der Waals surface area contributed by atoms with E-state index in [9.17, 15) is 5.11 Å². The molecule has 33 heavy (non-hydrogen) atoms. The van der Waals surface area contributed by atoms with Crippen LogP contribution in [0.5, 0.6) is 5.75 Å². The number of pyridine rings is 2. The Morgan fingerprint density at radius 1 is 1.18 bits per heavy atom. The first-order chi connectivity index (χ1) is 16.1. The van der Waals surface area contributed by atoms with Crippen LogP contribution < -0.4 is 15.4 Å². The number of nitrogens with one attached hydrogen (secondary N) is 3. The number of ether oxygens (including phenoxy) is 1. The Labute approximate surface area is 191 Å². The van der Waals surface area contributed by atoms with Crippen molar-refractivity contribution in [2.24, 2.45) is 0 Å². The Hall–Kier alpha value is -3.63. The van der Waals surface area contributed by atoms with E-state index in [1.807, 2.05) is 18.3 Å². The summed E-state index contributed by atoms with van der Waals surface area (Å²) in [5.41, 5.74) is 4.10. The zero-order chi connectivity index (χ0) is 23.2. The lowest BCUT2D eigenvalue weighted by Gasteiger charge is -2.16. The number of hydrogen-bond donors (Lipinski definition) is 5. The summed E-state index contributed by atoms with van der Waals surface area (Å²) in [5.74, 6) is 2.24. The minimum Gasteiger partial charge on any atom is -0.491 e. The van der Waals surface area contributed by atoms with Gasteiger partial charge < -0.3 is 31.0 Å². The molecule has 5 N–H and O–H groups in total. The smallest absolute Gasteiger partial charge is 0.144 e. The summed E-state index contributed by atoms with van der Waals surface area (Å²) in [6, 6.07) is 5.63. The highest BCUT2D eigenvalue weighted by Gasteiger charge is 2.21. The van der Waals surface area contributed by atoms with Gasteiger partial charge in [0.2, 0.25) is 0 Å². The maximum absolute atomic E-state index is 9.52. The fourth-order valence-corrected chi connectivity index (χ4v) is 3.63. The highest BCUT2D eigenvalue weighted by atomic mass is 16.5. The zero-order valence-corrected chi connectivity index (χ0v) is 18.3. The van der Waals surface area contributed by atoms with E-state index in [-0.39, 0.29) is 19.1 Å². The van der Waals surface area contributed by atoms with E-state index in [0.29, 0.717) is 36.0 Å². The molecule has 0 saturated heterocycles. The number of aliphatic hydroxyl groups excluding tert-OH is 2. The first-order valence-electron chi connectivity index (χ1n) is 10.8. The van der Waals surface area contributed by atoms with Gasteiger partial charge in [0.25, 0.3) is 0 Å². The van der Waals surface area contributed by atoms with Crippen LogP contribution in [-0.2, 0) is 6.42 Å². The predicted octanol–water partition coefficient (Wildman–Crippen LogP) is 1.85.